The molecule has 0 saturated carbocycles. The van der Waals surface area contributed by atoms with E-state index in [9.17, 15) is 22.3 Å². The van der Waals surface area contributed by atoms with Crippen molar-refractivity contribution in [1.82, 2.24) is 9.21 Å². The molecule has 0 bridgehead atoms. The lowest BCUT2D eigenvalue weighted by atomic mass is 10.0. The lowest BCUT2D eigenvalue weighted by Gasteiger charge is -2.26. The predicted molar refractivity (Wildman–Crippen MR) is 76.5 cm³/mol. The third kappa shape index (κ3) is 2.25. The molecule has 0 amide bonds. The van der Waals surface area contributed by atoms with E-state index in [2.05, 4.69) is 0 Å². The monoisotopic (exact) mass is 332 g/mol. The van der Waals surface area contributed by atoms with Crippen molar-refractivity contribution in [3.05, 3.63) is 35.4 Å². The number of likely N-dealkylation sites (N-methyl/N-ethyl adjacent to an activating group) is 1. The Morgan fingerprint density at radius 3 is 2.68 bits per heavy atom. The van der Waals surface area contributed by atoms with Crippen LogP contribution in [0.25, 0.3) is 0 Å². The van der Waals surface area contributed by atoms with Gasteiger partial charge in [0, 0.05) is 33.2 Å². The van der Waals surface area contributed by atoms with Crippen molar-refractivity contribution in [2.75, 3.05) is 26.7 Å². The first-order valence-corrected chi connectivity index (χ1v) is 8.50. The Bertz CT molecular complexity index is 697. The van der Waals surface area contributed by atoms with Crippen molar-refractivity contribution in [3.63, 3.8) is 0 Å². The Labute approximate surface area is 128 Å². The van der Waals surface area contributed by atoms with E-state index in [1.54, 1.807) is 0 Å². The number of benzene rings is 1. The van der Waals surface area contributed by atoms with E-state index >= 15 is 0 Å². The van der Waals surface area contributed by atoms with Crippen LogP contribution in [0.5, 0.6) is 0 Å². The highest BCUT2D eigenvalue weighted by Gasteiger charge is 2.60. The van der Waals surface area contributed by atoms with E-state index in [1.807, 2.05) is 4.90 Å². The summed E-state index contributed by atoms with van der Waals surface area (Å²) in [4.78, 5) is 1.85. The first kappa shape index (κ1) is 15.8. The molecule has 2 atom stereocenters. The summed E-state index contributed by atoms with van der Waals surface area (Å²) < 4.78 is 51.1. The number of hydrogen-bond donors (Lipinski definition) is 1. The van der Waals surface area contributed by atoms with Crippen LogP contribution in [0.15, 0.2) is 18.2 Å². The fourth-order valence-corrected chi connectivity index (χ4v) is 5.46. The average molecular weight is 332 g/mol. The maximum Gasteiger partial charge on any atom is 0.223 e. The third-order valence-corrected chi connectivity index (χ3v) is 7.30. The largest absolute Gasteiger partial charge is 0.390 e. The van der Waals surface area contributed by atoms with Crippen LogP contribution in [0.4, 0.5) is 8.78 Å². The molecule has 122 valence electrons. The number of sulfonamides is 1. The maximum atomic E-state index is 13.2. The molecule has 8 heteroatoms. The minimum Gasteiger partial charge on any atom is -0.390 e. The van der Waals surface area contributed by atoms with Gasteiger partial charge in [0.05, 0.1) is 6.10 Å². The van der Waals surface area contributed by atoms with Crippen LogP contribution in [-0.4, -0.2) is 60.3 Å². The highest BCUT2D eigenvalue weighted by molar-refractivity contribution is 7.90. The minimum absolute atomic E-state index is 0.0986. The zero-order valence-corrected chi connectivity index (χ0v) is 13.0. The van der Waals surface area contributed by atoms with Crippen molar-refractivity contribution < 1.29 is 22.3 Å². The maximum absolute atomic E-state index is 13.2. The van der Waals surface area contributed by atoms with Gasteiger partial charge in [0.1, 0.15) is 4.75 Å². The number of aliphatic hydroxyl groups is 1. The van der Waals surface area contributed by atoms with Gasteiger partial charge in [-0.05, 0) is 24.1 Å². The molecule has 1 spiro atoms. The van der Waals surface area contributed by atoms with Gasteiger partial charge in [-0.25, -0.2) is 21.5 Å². The summed E-state index contributed by atoms with van der Waals surface area (Å²) >= 11 is 0. The summed E-state index contributed by atoms with van der Waals surface area (Å²) in [5.74, 6) is -1.82. The molecular weight excluding hydrogens is 314 g/mol. The lowest BCUT2D eigenvalue weighted by Crippen LogP contribution is -2.47. The molecule has 2 heterocycles. The molecule has 3 rings (SSSR count). The number of nitrogens with zero attached hydrogens (tertiary/aromatic N) is 2. The zero-order valence-electron chi connectivity index (χ0n) is 12.2. The summed E-state index contributed by atoms with van der Waals surface area (Å²) in [5, 5.41) is 10.2. The molecule has 2 aliphatic heterocycles. The first-order chi connectivity index (χ1) is 10.3. The number of rotatable bonds is 2. The molecule has 5 nitrogen and oxygen atoms in total. The third-order valence-electron chi connectivity index (χ3n) is 4.69. The van der Waals surface area contributed by atoms with Gasteiger partial charge in [0.15, 0.2) is 11.6 Å². The number of hydrogen-bond acceptors (Lipinski definition) is 4. The molecule has 22 heavy (non-hydrogen) atoms. The summed E-state index contributed by atoms with van der Waals surface area (Å²) in [7, 11) is -2.08. The molecule has 0 aromatic heterocycles. The lowest BCUT2D eigenvalue weighted by molar-refractivity contribution is 0.130. The van der Waals surface area contributed by atoms with E-state index in [0.717, 1.165) is 12.1 Å². The quantitative estimate of drug-likeness (QED) is 0.859. The van der Waals surface area contributed by atoms with E-state index in [4.69, 9.17) is 0 Å². The molecule has 1 aromatic carbocycles. The molecule has 2 saturated heterocycles. The molecule has 0 unspecified atom stereocenters. The van der Waals surface area contributed by atoms with Crippen molar-refractivity contribution in [2.24, 2.45) is 0 Å². The van der Waals surface area contributed by atoms with E-state index < -0.39 is 32.5 Å². The Balaban J connectivity index is 1.79. The van der Waals surface area contributed by atoms with Gasteiger partial charge in [-0.2, -0.15) is 0 Å². The van der Waals surface area contributed by atoms with Crippen LogP contribution in [0, 0.1) is 11.6 Å². The average Bonchev–Trinajstić information content (AvgIpc) is 2.94. The second-order valence-corrected chi connectivity index (χ2v) is 8.46. The SMILES string of the molecule is CN1C[C@H](O)[C@]2(CCN(Cc3ccc(F)c(F)c3)C2)S1(=O)=O. The summed E-state index contributed by atoms with van der Waals surface area (Å²) in [5.41, 5.74) is 0.578. The molecule has 0 aliphatic carbocycles. The van der Waals surface area contributed by atoms with Gasteiger partial charge in [-0.15, -0.1) is 0 Å². The smallest absolute Gasteiger partial charge is 0.223 e. The van der Waals surface area contributed by atoms with Crippen molar-refractivity contribution in [2.45, 2.75) is 23.8 Å². The topological polar surface area (TPSA) is 60.9 Å². The van der Waals surface area contributed by atoms with Crippen LogP contribution in [0.2, 0.25) is 0 Å². The highest BCUT2D eigenvalue weighted by atomic mass is 32.2. The first-order valence-electron chi connectivity index (χ1n) is 7.06. The second-order valence-electron chi connectivity index (χ2n) is 6.08. The molecule has 1 aromatic rings. The van der Waals surface area contributed by atoms with Gasteiger partial charge >= 0.3 is 0 Å². The van der Waals surface area contributed by atoms with Crippen LogP contribution < -0.4 is 0 Å². The van der Waals surface area contributed by atoms with Gasteiger partial charge in [-0.1, -0.05) is 6.07 Å². The number of β-amino-alcohol motifs (C(OH)–C–C–N with tert-alkyl or cyclic N) is 1. The highest BCUT2D eigenvalue weighted by Crippen LogP contribution is 2.40. The Kier molecular flexibility index (Phi) is 3.75. The molecule has 2 aliphatic rings. The molecule has 1 N–H and O–H groups in total. The second kappa shape index (κ2) is 5.23. The summed E-state index contributed by atoms with van der Waals surface area (Å²) in [6, 6.07) is 3.66. The Morgan fingerprint density at radius 1 is 1.36 bits per heavy atom. The minimum atomic E-state index is -3.55. The molecule has 2 fully saturated rings. The number of aliphatic hydroxyl groups excluding tert-OH is 1. The van der Waals surface area contributed by atoms with E-state index in [-0.39, 0.29) is 13.1 Å². The van der Waals surface area contributed by atoms with Gasteiger partial charge < -0.3 is 5.11 Å². The fraction of sp³-hybridized carbons (Fsp3) is 0.571. The molecule has 0 radical (unpaired) electrons. The van der Waals surface area contributed by atoms with Crippen LogP contribution in [0.1, 0.15) is 12.0 Å². The zero-order chi connectivity index (χ0) is 16.1. The number of likely N-dealkylation sites (tertiary alicyclic amines) is 1. The standard InChI is InChI=1S/C14H18F2N2O3S/c1-17-8-13(19)14(22(17,20)21)4-5-18(9-14)7-10-2-3-11(15)12(16)6-10/h2-3,6,13,19H,4-5,7-9H2,1H3/t13-,14+/m0/s1. The van der Waals surface area contributed by atoms with Crippen molar-refractivity contribution in [3.8, 4) is 0 Å². The van der Waals surface area contributed by atoms with Crippen molar-refractivity contribution >= 4 is 10.0 Å². The number of halogens is 2. The van der Waals surface area contributed by atoms with Crippen LogP contribution in [-0.2, 0) is 16.6 Å². The Morgan fingerprint density at radius 2 is 2.09 bits per heavy atom. The van der Waals surface area contributed by atoms with E-state index in [1.165, 1.54) is 17.4 Å². The van der Waals surface area contributed by atoms with Gasteiger partial charge in [0.25, 0.3) is 0 Å². The predicted octanol–water partition coefficient (Wildman–Crippen LogP) is 0.545. The normalized spacial score (nSPS) is 32.1. The van der Waals surface area contributed by atoms with E-state index in [0.29, 0.717) is 25.1 Å². The van der Waals surface area contributed by atoms with Gasteiger partial charge in [-0.3, -0.25) is 4.90 Å². The van der Waals surface area contributed by atoms with Gasteiger partial charge in [0.2, 0.25) is 10.0 Å². The van der Waals surface area contributed by atoms with Crippen LogP contribution in [0.3, 0.4) is 0 Å². The van der Waals surface area contributed by atoms with Crippen molar-refractivity contribution in [1.29, 1.82) is 0 Å². The summed E-state index contributed by atoms with van der Waals surface area (Å²) in [6.07, 6.45) is -0.595. The Hall–Kier alpha value is -1.09. The fourth-order valence-electron chi connectivity index (χ4n) is 3.39. The summed E-state index contributed by atoms with van der Waals surface area (Å²) in [6.45, 7) is 1.11. The molecular formula is C14H18F2N2O3S. The van der Waals surface area contributed by atoms with Crippen LogP contribution >= 0.6 is 0 Å².